The number of rotatable bonds is 8. The fourth-order valence-corrected chi connectivity index (χ4v) is 2.54. The Labute approximate surface area is 155 Å². The van der Waals surface area contributed by atoms with Crippen LogP contribution in [0.2, 0.25) is 0 Å². The molecular weight excluding hydrogens is 350 g/mol. The molecule has 2 aromatic carbocycles. The van der Waals surface area contributed by atoms with Gasteiger partial charge in [-0.2, -0.15) is 10.4 Å². The number of nitro groups is 2. The van der Waals surface area contributed by atoms with Crippen LogP contribution in [0.3, 0.4) is 0 Å². The standard InChI is InChI=1S/C18H17N5O4/c1-18(10-5-11-19,14-6-3-2-4-7-14)13-20-21-16-9-8-15(22(24)25)12-17(16)23(26)27/h2-4,6-9,12-13,21H,5,10H2,1H3/b20-13-. The van der Waals surface area contributed by atoms with Crippen molar-refractivity contribution in [2.75, 3.05) is 5.43 Å². The minimum absolute atomic E-state index is 0.0394. The molecule has 9 nitrogen and oxygen atoms in total. The van der Waals surface area contributed by atoms with Gasteiger partial charge in [-0.05, 0) is 18.1 Å². The second kappa shape index (κ2) is 8.53. The average molecular weight is 367 g/mol. The van der Waals surface area contributed by atoms with Crippen molar-refractivity contribution in [3.63, 3.8) is 0 Å². The van der Waals surface area contributed by atoms with Crippen LogP contribution in [-0.2, 0) is 5.41 Å². The van der Waals surface area contributed by atoms with E-state index in [1.54, 1.807) is 6.21 Å². The number of nitrogens with one attached hydrogen (secondary N) is 1. The first-order chi connectivity index (χ1) is 12.9. The van der Waals surface area contributed by atoms with Crippen LogP contribution in [0.1, 0.15) is 25.3 Å². The zero-order valence-electron chi connectivity index (χ0n) is 14.5. The van der Waals surface area contributed by atoms with Crippen molar-refractivity contribution < 1.29 is 9.85 Å². The average Bonchev–Trinajstić information content (AvgIpc) is 2.67. The smallest absolute Gasteiger partial charge is 0.272 e. The summed E-state index contributed by atoms with van der Waals surface area (Å²) >= 11 is 0. The number of anilines is 1. The molecule has 0 aliphatic carbocycles. The lowest BCUT2D eigenvalue weighted by molar-refractivity contribution is -0.393. The fraction of sp³-hybridized carbons (Fsp3) is 0.222. The van der Waals surface area contributed by atoms with Gasteiger partial charge >= 0.3 is 5.69 Å². The predicted molar refractivity (Wildman–Crippen MR) is 101 cm³/mol. The molecule has 2 rings (SSSR count). The molecule has 0 fully saturated rings. The Hall–Kier alpha value is -3.80. The Kier molecular flexibility index (Phi) is 6.17. The maximum absolute atomic E-state index is 11.2. The van der Waals surface area contributed by atoms with Crippen molar-refractivity contribution in [3.05, 3.63) is 74.3 Å². The Bertz CT molecular complexity index is 908. The molecule has 0 heterocycles. The molecule has 0 radical (unpaired) electrons. The zero-order chi connectivity index (χ0) is 19.9. The van der Waals surface area contributed by atoms with E-state index < -0.39 is 20.9 Å². The molecule has 1 atom stereocenters. The molecule has 0 aromatic heterocycles. The zero-order valence-corrected chi connectivity index (χ0v) is 14.5. The van der Waals surface area contributed by atoms with Crippen LogP contribution in [0, 0.1) is 31.6 Å². The first kappa shape index (κ1) is 19.5. The summed E-state index contributed by atoms with van der Waals surface area (Å²) in [7, 11) is 0. The van der Waals surface area contributed by atoms with Crippen molar-refractivity contribution in [1.82, 2.24) is 0 Å². The highest BCUT2D eigenvalue weighted by Crippen LogP contribution is 2.30. The Morgan fingerprint density at radius 3 is 2.48 bits per heavy atom. The molecule has 138 valence electrons. The lowest BCUT2D eigenvalue weighted by Crippen LogP contribution is -2.24. The van der Waals surface area contributed by atoms with Crippen LogP contribution in [0.4, 0.5) is 17.1 Å². The Morgan fingerprint density at radius 2 is 1.89 bits per heavy atom. The number of nitrogens with zero attached hydrogens (tertiary/aromatic N) is 4. The predicted octanol–water partition coefficient (Wildman–Crippen LogP) is 4.16. The SMILES string of the molecule is CC(/C=N\Nc1ccc([N+](=O)[O-])cc1[N+](=O)[O-])(CCC#N)c1ccccc1. The van der Waals surface area contributed by atoms with E-state index in [1.807, 2.05) is 37.3 Å². The number of nitriles is 1. The van der Waals surface area contributed by atoms with Crippen LogP contribution in [0.25, 0.3) is 0 Å². The van der Waals surface area contributed by atoms with Gasteiger partial charge in [0.05, 0.1) is 22.0 Å². The number of hydrogen-bond donors (Lipinski definition) is 1. The van der Waals surface area contributed by atoms with Crippen molar-refractivity contribution in [2.24, 2.45) is 5.10 Å². The monoisotopic (exact) mass is 367 g/mol. The van der Waals surface area contributed by atoms with Crippen molar-refractivity contribution in [2.45, 2.75) is 25.2 Å². The molecule has 0 bridgehead atoms. The van der Waals surface area contributed by atoms with E-state index in [0.29, 0.717) is 12.8 Å². The number of nitro benzene ring substituents is 2. The van der Waals surface area contributed by atoms with Gasteiger partial charge in [-0.1, -0.05) is 37.3 Å². The highest BCUT2D eigenvalue weighted by molar-refractivity contribution is 5.75. The molecule has 0 saturated carbocycles. The molecule has 1 N–H and O–H groups in total. The number of non-ortho nitro benzene ring substituents is 1. The molecular formula is C18H17N5O4. The van der Waals surface area contributed by atoms with Crippen molar-refractivity contribution in [3.8, 4) is 6.07 Å². The van der Waals surface area contributed by atoms with Gasteiger partial charge in [0.25, 0.3) is 5.69 Å². The second-order valence-electron chi connectivity index (χ2n) is 6.03. The van der Waals surface area contributed by atoms with Gasteiger partial charge in [-0.3, -0.25) is 25.7 Å². The van der Waals surface area contributed by atoms with E-state index >= 15 is 0 Å². The molecule has 9 heteroatoms. The third-order valence-corrected chi connectivity index (χ3v) is 4.11. The summed E-state index contributed by atoms with van der Waals surface area (Å²) in [5, 5.41) is 35.0. The summed E-state index contributed by atoms with van der Waals surface area (Å²) in [6, 6.07) is 14.9. The highest BCUT2D eigenvalue weighted by atomic mass is 16.6. The molecule has 0 saturated heterocycles. The molecule has 2 aromatic rings. The van der Waals surface area contributed by atoms with E-state index in [-0.39, 0.29) is 11.4 Å². The lowest BCUT2D eigenvalue weighted by Gasteiger charge is -2.24. The van der Waals surface area contributed by atoms with E-state index in [4.69, 9.17) is 5.26 Å². The molecule has 0 amide bonds. The van der Waals surface area contributed by atoms with Crippen LogP contribution in [-0.4, -0.2) is 16.1 Å². The Balaban J connectivity index is 2.29. The van der Waals surface area contributed by atoms with Crippen LogP contribution in [0.15, 0.2) is 53.6 Å². The van der Waals surface area contributed by atoms with Crippen molar-refractivity contribution >= 4 is 23.3 Å². The molecule has 27 heavy (non-hydrogen) atoms. The van der Waals surface area contributed by atoms with Crippen molar-refractivity contribution in [1.29, 1.82) is 5.26 Å². The normalized spacial score (nSPS) is 12.9. The van der Waals surface area contributed by atoms with Gasteiger partial charge < -0.3 is 0 Å². The summed E-state index contributed by atoms with van der Waals surface area (Å²) in [5.74, 6) is 0. The van der Waals surface area contributed by atoms with Crippen LogP contribution < -0.4 is 5.43 Å². The fourth-order valence-electron chi connectivity index (χ4n) is 2.54. The third kappa shape index (κ3) is 4.85. The largest absolute Gasteiger partial charge is 0.301 e. The van der Waals surface area contributed by atoms with Gasteiger partial charge in [-0.15, -0.1) is 0 Å². The first-order valence-corrected chi connectivity index (χ1v) is 8.03. The van der Waals surface area contributed by atoms with Crippen LogP contribution in [0.5, 0.6) is 0 Å². The maximum Gasteiger partial charge on any atom is 0.301 e. The van der Waals surface area contributed by atoms with Gasteiger partial charge in [0, 0.05) is 24.1 Å². The minimum atomic E-state index is -0.711. The number of hydrogen-bond acceptors (Lipinski definition) is 7. The first-order valence-electron chi connectivity index (χ1n) is 8.03. The summed E-state index contributed by atoms with van der Waals surface area (Å²) in [6.45, 7) is 1.91. The van der Waals surface area contributed by atoms with E-state index in [0.717, 1.165) is 17.7 Å². The van der Waals surface area contributed by atoms with Gasteiger partial charge in [0.15, 0.2) is 0 Å². The van der Waals surface area contributed by atoms with E-state index in [9.17, 15) is 20.2 Å². The quantitative estimate of drug-likeness (QED) is 0.423. The second-order valence-corrected chi connectivity index (χ2v) is 6.03. The number of hydrazone groups is 1. The highest BCUT2D eigenvalue weighted by Gasteiger charge is 2.25. The molecule has 1 unspecified atom stereocenters. The lowest BCUT2D eigenvalue weighted by atomic mass is 9.80. The van der Waals surface area contributed by atoms with Gasteiger partial charge in [-0.25, -0.2) is 0 Å². The summed E-state index contributed by atoms with van der Waals surface area (Å²) in [4.78, 5) is 20.6. The summed E-state index contributed by atoms with van der Waals surface area (Å²) in [5.41, 5.74) is 2.20. The topological polar surface area (TPSA) is 134 Å². The maximum atomic E-state index is 11.2. The van der Waals surface area contributed by atoms with Crippen LogP contribution >= 0.6 is 0 Å². The summed E-state index contributed by atoms with van der Waals surface area (Å²) in [6.07, 6.45) is 2.42. The molecule has 0 aliphatic rings. The van der Waals surface area contributed by atoms with Gasteiger partial charge in [0.1, 0.15) is 5.69 Å². The molecule has 0 aliphatic heterocycles. The number of benzene rings is 2. The van der Waals surface area contributed by atoms with E-state index in [2.05, 4.69) is 16.6 Å². The minimum Gasteiger partial charge on any atom is -0.272 e. The third-order valence-electron chi connectivity index (χ3n) is 4.11. The summed E-state index contributed by atoms with van der Waals surface area (Å²) < 4.78 is 0. The van der Waals surface area contributed by atoms with E-state index in [1.165, 1.54) is 6.07 Å². The van der Waals surface area contributed by atoms with Gasteiger partial charge in [0.2, 0.25) is 0 Å². The molecule has 0 spiro atoms. The Morgan fingerprint density at radius 1 is 1.19 bits per heavy atom.